The monoisotopic (exact) mass is 363 g/mol. The van der Waals surface area contributed by atoms with Crippen molar-refractivity contribution < 1.29 is 9.90 Å². The second kappa shape index (κ2) is 7.11. The van der Waals surface area contributed by atoms with Gasteiger partial charge in [0.2, 0.25) is 5.91 Å². The van der Waals surface area contributed by atoms with Crippen LogP contribution < -0.4 is 11.1 Å². The fraction of sp³-hybridized carbons (Fsp3) is 0.471. The summed E-state index contributed by atoms with van der Waals surface area (Å²) in [7, 11) is 1.58. The van der Waals surface area contributed by atoms with Crippen LogP contribution in [0.5, 0.6) is 0 Å². The predicted molar refractivity (Wildman–Crippen MR) is 94.8 cm³/mol. The van der Waals surface area contributed by atoms with E-state index in [0.717, 1.165) is 17.1 Å². The van der Waals surface area contributed by atoms with Gasteiger partial charge in [0.15, 0.2) is 5.82 Å². The largest absolute Gasteiger partial charge is 0.391 e. The molecule has 1 heterocycles. The molecule has 3 rings (SSSR count). The highest BCUT2D eigenvalue weighted by atomic mass is 35.5. The zero-order chi connectivity index (χ0) is 18.1. The standard InChI is InChI=1S/C17H22ClN5O2/c1-9-5-11(18)3-4-13(9)23-17(10-6-12(19)14(24)7-10)21-15(22-23)8-16(25)20-2/h3-5,10,12,14,24H,6-8,19H2,1-2H3,(H,20,25)/t10-,12-,14-/m0/s1. The molecule has 1 saturated carbocycles. The molecule has 0 radical (unpaired) electrons. The second-order valence-electron chi connectivity index (χ2n) is 6.48. The summed E-state index contributed by atoms with van der Waals surface area (Å²) in [6.45, 7) is 1.94. The van der Waals surface area contributed by atoms with Crippen molar-refractivity contribution in [3.63, 3.8) is 0 Å². The van der Waals surface area contributed by atoms with Crippen LogP contribution in [-0.2, 0) is 11.2 Å². The minimum atomic E-state index is -0.552. The fourth-order valence-electron chi connectivity index (χ4n) is 3.23. The van der Waals surface area contributed by atoms with Crippen molar-refractivity contribution in [2.45, 2.75) is 44.2 Å². The second-order valence-corrected chi connectivity index (χ2v) is 6.91. The van der Waals surface area contributed by atoms with E-state index in [9.17, 15) is 9.90 Å². The summed E-state index contributed by atoms with van der Waals surface area (Å²) >= 11 is 6.05. The van der Waals surface area contributed by atoms with E-state index < -0.39 is 6.10 Å². The number of halogens is 1. The van der Waals surface area contributed by atoms with Gasteiger partial charge in [-0.15, -0.1) is 0 Å². The number of nitrogens with one attached hydrogen (secondary N) is 1. The Balaban J connectivity index is 2.04. The number of carbonyl (C=O) groups excluding carboxylic acids is 1. The van der Waals surface area contributed by atoms with Crippen molar-refractivity contribution in [2.24, 2.45) is 5.73 Å². The fourth-order valence-corrected chi connectivity index (χ4v) is 3.46. The third kappa shape index (κ3) is 3.68. The summed E-state index contributed by atoms with van der Waals surface area (Å²) in [6.07, 6.45) is 0.714. The summed E-state index contributed by atoms with van der Waals surface area (Å²) in [5, 5.41) is 17.8. The first kappa shape index (κ1) is 17.8. The number of rotatable bonds is 4. The maximum atomic E-state index is 11.7. The Morgan fingerprint density at radius 2 is 2.24 bits per heavy atom. The number of likely N-dealkylation sites (N-methyl/N-ethyl adjacent to an activating group) is 1. The van der Waals surface area contributed by atoms with Crippen LogP contribution in [0.15, 0.2) is 18.2 Å². The van der Waals surface area contributed by atoms with Gasteiger partial charge in [0.1, 0.15) is 5.82 Å². The van der Waals surface area contributed by atoms with Gasteiger partial charge in [-0.3, -0.25) is 4.79 Å². The maximum Gasteiger partial charge on any atom is 0.227 e. The lowest BCUT2D eigenvalue weighted by molar-refractivity contribution is -0.120. The Morgan fingerprint density at radius 1 is 1.48 bits per heavy atom. The number of nitrogens with zero attached hydrogens (tertiary/aromatic N) is 3. The molecule has 7 nitrogen and oxygen atoms in total. The highest BCUT2D eigenvalue weighted by Crippen LogP contribution is 2.34. The Bertz CT molecular complexity index is 781. The van der Waals surface area contributed by atoms with Gasteiger partial charge < -0.3 is 16.2 Å². The predicted octanol–water partition coefficient (Wildman–Crippen LogP) is 1.08. The van der Waals surface area contributed by atoms with Gasteiger partial charge in [0, 0.05) is 24.0 Å². The Morgan fingerprint density at radius 3 is 2.84 bits per heavy atom. The molecule has 1 aliphatic carbocycles. The number of aromatic nitrogens is 3. The molecule has 0 spiro atoms. The zero-order valence-electron chi connectivity index (χ0n) is 14.2. The summed E-state index contributed by atoms with van der Waals surface area (Å²) in [4.78, 5) is 16.3. The molecule has 1 aliphatic rings. The molecule has 134 valence electrons. The van der Waals surface area contributed by atoms with Crippen LogP contribution in [0.2, 0.25) is 5.02 Å². The van der Waals surface area contributed by atoms with Crippen LogP contribution >= 0.6 is 11.6 Å². The molecule has 0 saturated heterocycles. The van der Waals surface area contributed by atoms with Crippen LogP contribution in [0.1, 0.15) is 36.0 Å². The Labute approximate surface area is 151 Å². The van der Waals surface area contributed by atoms with Gasteiger partial charge in [-0.25, -0.2) is 9.67 Å². The molecule has 2 aromatic rings. The highest BCUT2D eigenvalue weighted by molar-refractivity contribution is 6.30. The first-order valence-corrected chi connectivity index (χ1v) is 8.63. The quantitative estimate of drug-likeness (QED) is 0.753. The molecule has 0 unspecified atom stereocenters. The van der Waals surface area contributed by atoms with E-state index in [0.29, 0.717) is 23.7 Å². The summed E-state index contributed by atoms with van der Waals surface area (Å²) < 4.78 is 1.75. The van der Waals surface area contributed by atoms with Gasteiger partial charge in [0.25, 0.3) is 0 Å². The third-order valence-electron chi connectivity index (χ3n) is 4.60. The molecule has 0 aliphatic heterocycles. The van der Waals surface area contributed by atoms with E-state index in [1.54, 1.807) is 17.8 Å². The van der Waals surface area contributed by atoms with Crippen molar-refractivity contribution in [3.05, 3.63) is 40.4 Å². The minimum absolute atomic E-state index is 0.00832. The Hall–Kier alpha value is -1.96. The molecule has 0 bridgehead atoms. The van der Waals surface area contributed by atoms with Gasteiger partial charge in [-0.2, -0.15) is 5.10 Å². The molecule has 4 N–H and O–H groups in total. The lowest BCUT2D eigenvalue weighted by Crippen LogP contribution is -2.28. The van der Waals surface area contributed by atoms with Gasteiger partial charge in [0.05, 0.1) is 18.2 Å². The number of carbonyl (C=O) groups is 1. The van der Waals surface area contributed by atoms with Crippen LogP contribution in [0.4, 0.5) is 0 Å². The zero-order valence-corrected chi connectivity index (χ0v) is 15.0. The number of hydrogen-bond acceptors (Lipinski definition) is 5. The minimum Gasteiger partial charge on any atom is -0.391 e. The SMILES string of the molecule is CNC(=O)Cc1nc([C@H]2C[C@H](N)[C@@H](O)C2)n(-c2ccc(Cl)cc2C)n1. The van der Waals surface area contributed by atoms with E-state index in [2.05, 4.69) is 15.4 Å². The normalized spacial score (nSPS) is 23.0. The molecular weight excluding hydrogens is 342 g/mol. The van der Waals surface area contributed by atoms with Crippen LogP contribution in [0.25, 0.3) is 5.69 Å². The topological polar surface area (TPSA) is 106 Å². The first-order chi connectivity index (χ1) is 11.9. The van der Waals surface area contributed by atoms with Gasteiger partial charge >= 0.3 is 0 Å². The maximum absolute atomic E-state index is 11.7. The van der Waals surface area contributed by atoms with E-state index in [1.807, 2.05) is 19.1 Å². The molecule has 1 amide bonds. The van der Waals surface area contributed by atoms with E-state index in [1.165, 1.54) is 0 Å². The van der Waals surface area contributed by atoms with Crippen LogP contribution in [0, 0.1) is 6.92 Å². The van der Waals surface area contributed by atoms with Crippen molar-refractivity contribution in [1.82, 2.24) is 20.1 Å². The number of hydrogen-bond donors (Lipinski definition) is 3. The molecule has 3 atom stereocenters. The van der Waals surface area contributed by atoms with E-state index in [4.69, 9.17) is 17.3 Å². The van der Waals surface area contributed by atoms with Crippen molar-refractivity contribution in [2.75, 3.05) is 7.05 Å². The number of benzene rings is 1. The average molecular weight is 364 g/mol. The summed E-state index contributed by atoms with van der Waals surface area (Å²) in [5.74, 6) is 1.00. The number of nitrogens with two attached hydrogens (primary N) is 1. The summed E-state index contributed by atoms with van der Waals surface area (Å²) in [6, 6.07) is 5.26. The average Bonchev–Trinajstić information content (AvgIpc) is 3.11. The van der Waals surface area contributed by atoms with Gasteiger partial charge in [-0.05, 0) is 43.5 Å². The Kier molecular flexibility index (Phi) is 5.08. The lowest BCUT2D eigenvalue weighted by Gasteiger charge is -2.13. The first-order valence-electron chi connectivity index (χ1n) is 8.25. The van der Waals surface area contributed by atoms with Gasteiger partial charge in [-0.1, -0.05) is 11.6 Å². The lowest BCUT2D eigenvalue weighted by atomic mass is 10.1. The van der Waals surface area contributed by atoms with Crippen molar-refractivity contribution in [3.8, 4) is 5.69 Å². The van der Waals surface area contributed by atoms with Crippen molar-refractivity contribution in [1.29, 1.82) is 0 Å². The van der Waals surface area contributed by atoms with Crippen molar-refractivity contribution >= 4 is 17.5 Å². The molecule has 1 aromatic heterocycles. The van der Waals surface area contributed by atoms with Crippen LogP contribution in [-0.4, -0.2) is 45.0 Å². The van der Waals surface area contributed by atoms with E-state index >= 15 is 0 Å². The number of aliphatic hydroxyl groups is 1. The molecular formula is C17H22ClN5O2. The highest BCUT2D eigenvalue weighted by Gasteiger charge is 2.35. The molecule has 8 heteroatoms. The molecule has 1 aromatic carbocycles. The third-order valence-corrected chi connectivity index (χ3v) is 4.84. The number of aliphatic hydroxyl groups excluding tert-OH is 1. The summed E-state index contributed by atoms with van der Waals surface area (Å²) in [5.41, 5.74) is 7.77. The number of amides is 1. The van der Waals surface area contributed by atoms with E-state index in [-0.39, 0.29) is 24.3 Å². The number of aryl methyl sites for hydroxylation is 1. The smallest absolute Gasteiger partial charge is 0.227 e. The van der Waals surface area contributed by atoms with Crippen LogP contribution in [0.3, 0.4) is 0 Å². The molecule has 25 heavy (non-hydrogen) atoms. The molecule has 1 fully saturated rings.